The highest BCUT2D eigenvalue weighted by atomic mass is 16.8. The highest BCUT2D eigenvalue weighted by molar-refractivity contribution is 5.88. The molecule has 5 rings (SSSR count). The number of aromatic hydroxyl groups is 4. The summed E-state index contributed by atoms with van der Waals surface area (Å²) in [5, 5.41) is 111. The Labute approximate surface area is 246 Å². The lowest BCUT2D eigenvalue weighted by Crippen LogP contribution is -2.65. The number of ether oxygens (including phenoxy) is 4. The Kier molecular flexibility index (Phi) is 8.87. The Morgan fingerprint density at radius 2 is 1.34 bits per heavy atom. The molecule has 2 fully saturated rings. The number of hydrogen-bond acceptors (Lipinski definition) is 17. The van der Waals surface area contributed by atoms with Gasteiger partial charge in [0.05, 0.1) is 13.2 Å². The van der Waals surface area contributed by atoms with E-state index in [1.165, 1.54) is 6.07 Å². The van der Waals surface area contributed by atoms with Crippen LogP contribution in [0.1, 0.15) is 0 Å². The molecule has 2 saturated heterocycles. The summed E-state index contributed by atoms with van der Waals surface area (Å²) in [6.07, 6.45) is -18.0. The highest BCUT2D eigenvalue weighted by Crippen LogP contribution is 2.40. The Balaban J connectivity index is 1.61. The Morgan fingerprint density at radius 1 is 0.705 bits per heavy atom. The van der Waals surface area contributed by atoms with Gasteiger partial charge in [0.2, 0.25) is 17.5 Å². The summed E-state index contributed by atoms with van der Waals surface area (Å²) in [7, 11) is 0. The molecule has 0 spiro atoms. The molecule has 3 aromatic rings. The zero-order valence-electron chi connectivity index (χ0n) is 22.4. The third-order valence-electron chi connectivity index (χ3n) is 7.35. The van der Waals surface area contributed by atoms with E-state index in [1.54, 1.807) is 0 Å². The van der Waals surface area contributed by atoms with Crippen molar-refractivity contribution in [3.63, 3.8) is 0 Å². The molecule has 0 bridgehead atoms. The molecule has 1 aromatic heterocycles. The van der Waals surface area contributed by atoms with Crippen LogP contribution in [0.25, 0.3) is 22.3 Å². The van der Waals surface area contributed by atoms with Crippen LogP contribution in [0, 0.1) is 0 Å². The molecule has 0 radical (unpaired) electrons. The molecule has 17 nitrogen and oxygen atoms in total. The zero-order valence-corrected chi connectivity index (χ0v) is 22.4. The van der Waals surface area contributed by atoms with Crippen molar-refractivity contribution in [3.05, 3.63) is 40.6 Å². The number of benzene rings is 2. The van der Waals surface area contributed by atoms with Gasteiger partial charge in [0, 0.05) is 17.7 Å². The molecular formula is C27H30O17. The van der Waals surface area contributed by atoms with Crippen molar-refractivity contribution < 1.29 is 79.5 Å². The van der Waals surface area contributed by atoms with Crippen molar-refractivity contribution in [1.82, 2.24) is 0 Å². The highest BCUT2D eigenvalue weighted by Gasteiger charge is 2.51. The quantitative estimate of drug-likeness (QED) is 0.119. The van der Waals surface area contributed by atoms with Crippen LogP contribution in [-0.4, -0.2) is 131 Å². The summed E-state index contributed by atoms with van der Waals surface area (Å²) in [6, 6.07) is 5.12. The second-order valence-corrected chi connectivity index (χ2v) is 10.3. The maximum Gasteiger partial charge on any atom is 0.239 e. The molecule has 0 amide bonds. The van der Waals surface area contributed by atoms with Crippen molar-refractivity contribution in [1.29, 1.82) is 0 Å². The summed E-state index contributed by atoms with van der Waals surface area (Å²) in [5.74, 6) is -3.54. The molecule has 2 aromatic carbocycles. The summed E-state index contributed by atoms with van der Waals surface area (Å²) in [6.45, 7) is -1.68. The third kappa shape index (κ3) is 5.61. The van der Waals surface area contributed by atoms with E-state index in [-0.39, 0.29) is 11.1 Å². The SMILES string of the molecule is O=c1c(O[C@H]2O[C@@H](CO)[C@H](O)[C@@H](O)[C@@H]2O[C@H]2O[C@@H](CO)[C@@H](O)[C@@H](O)[C@@H]2O)c(-c2ccc(O)c(O)c2)oc2cc(O)cc(O)c12. The maximum atomic E-state index is 13.7. The Morgan fingerprint density at radius 3 is 1.98 bits per heavy atom. The van der Waals surface area contributed by atoms with Crippen molar-refractivity contribution in [2.75, 3.05) is 13.2 Å². The van der Waals surface area contributed by atoms with Crippen LogP contribution >= 0.6 is 0 Å². The van der Waals surface area contributed by atoms with Gasteiger partial charge >= 0.3 is 0 Å². The Bertz CT molecular complexity index is 1560. The molecule has 3 heterocycles. The van der Waals surface area contributed by atoms with E-state index in [9.17, 15) is 61.0 Å². The number of fused-ring (bicyclic) bond motifs is 1. The minimum Gasteiger partial charge on any atom is -0.508 e. The molecule has 0 unspecified atom stereocenters. The van der Waals surface area contributed by atoms with Crippen LogP contribution in [0.5, 0.6) is 28.7 Å². The second kappa shape index (κ2) is 12.3. The van der Waals surface area contributed by atoms with Crippen LogP contribution in [0.4, 0.5) is 0 Å². The second-order valence-electron chi connectivity index (χ2n) is 10.3. The summed E-state index contributed by atoms with van der Waals surface area (Å²) < 4.78 is 28.1. The molecule has 0 aliphatic carbocycles. The van der Waals surface area contributed by atoms with Gasteiger partial charge in [0.15, 0.2) is 29.7 Å². The van der Waals surface area contributed by atoms with E-state index >= 15 is 0 Å². The maximum absolute atomic E-state index is 13.7. The summed E-state index contributed by atoms with van der Waals surface area (Å²) in [4.78, 5) is 13.7. The smallest absolute Gasteiger partial charge is 0.239 e. The number of aliphatic hydroxyl groups is 7. The molecule has 2 aliphatic heterocycles. The van der Waals surface area contributed by atoms with Gasteiger partial charge in [-0.15, -0.1) is 0 Å². The first-order valence-corrected chi connectivity index (χ1v) is 13.2. The molecular weight excluding hydrogens is 596 g/mol. The zero-order chi connectivity index (χ0) is 32.0. The minimum absolute atomic E-state index is 0.0707. The fourth-order valence-corrected chi connectivity index (χ4v) is 4.98. The van der Waals surface area contributed by atoms with Gasteiger partial charge in [0.1, 0.15) is 65.2 Å². The van der Waals surface area contributed by atoms with Crippen molar-refractivity contribution >= 4 is 11.0 Å². The van der Waals surface area contributed by atoms with E-state index in [0.717, 1.165) is 24.3 Å². The average Bonchev–Trinajstić information content (AvgIpc) is 2.98. The first kappa shape index (κ1) is 31.7. The molecule has 2 aliphatic rings. The lowest BCUT2D eigenvalue weighted by Gasteiger charge is -2.45. The van der Waals surface area contributed by atoms with E-state index in [4.69, 9.17) is 23.4 Å². The predicted molar refractivity (Wildman–Crippen MR) is 142 cm³/mol. The third-order valence-corrected chi connectivity index (χ3v) is 7.35. The largest absolute Gasteiger partial charge is 0.508 e. The lowest BCUT2D eigenvalue weighted by atomic mass is 9.97. The van der Waals surface area contributed by atoms with Crippen LogP contribution in [-0.2, 0) is 14.2 Å². The van der Waals surface area contributed by atoms with Gasteiger partial charge in [-0.1, -0.05) is 0 Å². The molecule has 240 valence electrons. The monoisotopic (exact) mass is 626 g/mol. The lowest BCUT2D eigenvalue weighted by molar-refractivity contribution is -0.358. The fraction of sp³-hybridized carbons (Fsp3) is 0.444. The van der Waals surface area contributed by atoms with Gasteiger partial charge in [-0.3, -0.25) is 4.79 Å². The van der Waals surface area contributed by atoms with Crippen molar-refractivity contribution in [2.24, 2.45) is 0 Å². The minimum atomic E-state index is -1.97. The Hall–Kier alpha value is -3.75. The van der Waals surface area contributed by atoms with Gasteiger partial charge < -0.3 is 79.5 Å². The van der Waals surface area contributed by atoms with Gasteiger partial charge in [-0.05, 0) is 18.2 Å². The first-order valence-electron chi connectivity index (χ1n) is 13.2. The normalized spacial score (nSPS) is 32.5. The first-order chi connectivity index (χ1) is 20.9. The van der Waals surface area contributed by atoms with Crippen LogP contribution < -0.4 is 10.2 Å². The van der Waals surface area contributed by atoms with E-state index in [2.05, 4.69) is 0 Å². The molecule has 17 heteroatoms. The number of aliphatic hydroxyl groups excluding tert-OH is 7. The van der Waals surface area contributed by atoms with Gasteiger partial charge in [-0.2, -0.15) is 0 Å². The molecule has 10 atom stereocenters. The number of phenolic OH excluding ortho intramolecular Hbond substituents is 4. The van der Waals surface area contributed by atoms with E-state index in [1.807, 2.05) is 0 Å². The number of phenols is 4. The average molecular weight is 627 g/mol. The van der Waals surface area contributed by atoms with Gasteiger partial charge in [-0.25, -0.2) is 0 Å². The van der Waals surface area contributed by atoms with Gasteiger partial charge in [0.25, 0.3) is 0 Å². The molecule has 44 heavy (non-hydrogen) atoms. The summed E-state index contributed by atoms with van der Waals surface area (Å²) >= 11 is 0. The van der Waals surface area contributed by atoms with Crippen molar-refractivity contribution in [3.8, 4) is 40.1 Å². The van der Waals surface area contributed by atoms with Crippen molar-refractivity contribution in [2.45, 2.75) is 61.4 Å². The van der Waals surface area contributed by atoms with E-state index < -0.39 is 120 Å². The van der Waals surface area contributed by atoms with Crippen LogP contribution in [0.3, 0.4) is 0 Å². The molecule has 11 N–H and O–H groups in total. The standard InChI is InChI=1S/C27H30O17/c28-6-14-17(34)20(37)22(39)26(41-14)44-25-21(38)18(35)15(7-29)42-27(25)43-24-19(36)16-12(33)4-9(30)5-13(16)40-23(24)8-1-2-10(31)11(32)3-8/h1-5,14-15,17-18,20-22,25-35,37-39H,6-7H2/t14-,15-,17+,18-,20+,21+,22-,25-,26+,27+/m0/s1. The fourth-order valence-electron chi connectivity index (χ4n) is 4.98. The molecule has 0 saturated carbocycles. The van der Waals surface area contributed by atoms with Crippen LogP contribution in [0.2, 0.25) is 0 Å². The summed E-state index contributed by atoms with van der Waals surface area (Å²) in [5.41, 5.74) is -1.47. The van der Waals surface area contributed by atoms with E-state index in [0.29, 0.717) is 0 Å². The predicted octanol–water partition coefficient (Wildman–Crippen LogP) is -2.71. The van der Waals surface area contributed by atoms with Crippen LogP contribution in [0.15, 0.2) is 39.5 Å². The number of hydrogen-bond donors (Lipinski definition) is 11. The topological polar surface area (TPSA) is 290 Å². The number of rotatable bonds is 7.